The highest BCUT2D eigenvalue weighted by atomic mass is 79.9. The van der Waals surface area contributed by atoms with Crippen LogP contribution in [0.25, 0.3) is 0 Å². The summed E-state index contributed by atoms with van der Waals surface area (Å²) in [6, 6.07) is 3.81. The number of aryl methyl sites for hydroxylation is 1. The first-order valence-electron chi connectivity index (χ1n) is 5.21. The van der Waals surface area contributed by atoms with Crippen molar-refractivity contribution in [3.63, 3.8) is 0 Å². The lowest BCUT2D eigenvalue weighted by molar-refractivity contribution is 1.06. The molecule has 5 heteroatoms. The summed E-state index contributed by atoms with van der Waals surface area (Å²) in [7, 11) is 0. The number of hydrogen-bond acceptors (Lipinski definition) is 4. The van der Waals surface area contributed by atoms with E-state index in [1.807, 2.05) is 18.3 Å². The molecule has 0 aromatic carbocycles. The number of nitrogen functional groups attached to an aromatic ring is 1. The first-order chi connectivity index (χ1) is 8.16. The Balaban J connectivity index is 2.10. The average Bonchev–Trinajstić information content (AvgIpc) is 2.30. The fraction of sp³-hybridized carbons (Fsp3) is 0.167. The van der Waals surface area contributed by atoms with Gasteiger partial charge in [-0.15, -0.1) is 0 Å². The third kappa shape index (κ3) is 2.94. The summed E-state index contributed by atoms with van der Waals surface area (Å²) in [5, 5.41) is 3.24. The number of nitrogens with two attached hydrogens (primary N) is 1. The molecule has 0 unspecified atom stereocenters. The van der Waals surface area contributed by atoms with Gasteiger partial charge in [-0.1, -0.05) is 0 Å². The van der Waals surface area contributed by atoms with E-state index >= 15 is 0 Å². The van der Waals surface area contributed by atoms with Crippen LogP contribution in [0.4, 0.5) is 11.5 Å². The molecule has 0 bridgehead atoms. The Morgan fingerprint density at radius 1 is 1.41 bits per heavy atom. The number of pyridine rings is 2. The maximum absolute atomic E-state index is 5.63. The van der Waals surface area contributed by atoms with Crippen molar-refractivity contribution in [1.29, 1.82) is 0 Å². The van der Waals surface area contributed by atoms with Gasteiger partial charge < -0.3 is 11.1 Å². The highest BCUT2D eigenvalue weighted by Crippen LogP contribution is 2.22. The Labute approximate surface area is 108 Å². The second kappa shape index (κ2) is 5.14. The molecule has 0 atom stereocenters. The molecule has 2 rings (SSSR count). The Bertz CT molecular complexity index is 528. The summed E-state index contributed by atoms with van der Waals surface area (Å²) in [4.78, 5) is 8.32. The second-order valence-corrected chi connectivity index (χ2v) is 4.61. The predicted molar refractivity (Wildman–Crippen MR) is 72.7 cm³/mol. The van der Waals surface area contributed by atoms with Gasteiger partial charge in [-0.2, -0.15) is 0 Å². The van der Waals surface area contributed by atoms with E-state index in [4.69, 9.17) is 5.73 Å². The third-order valence-corrected chi connectivity index (χ3v) is 3.06. The monoisotopic (exact) mass is 292 g/mol. The maximum atomic E-state index is 5.63. The second-order valence-electron chi connectivity index (χ2n) is 3.75. The van der Waals surface area contributed by atoms with Crippen molar-refractivity contribution >= 4 is 27.4 Å². The van der Waals surface area contributed by atoms with E-state index < -0.39 is 0 Å². The summed E-state index contributed by atoms with van der Waals surface area (Å²) in [6.07, 6.45) is 5.27. The first kappa shape index (κ1) is 11.9. The summed E-state index contributed by atoms with van der Waals surface area (Å²) in [5.41, 5.74) is 8.63. The van der Waals surface area contributed by atoms with E-state index in [0.717, 1.165) is 15.9 Å². The van der Waals surface area contributed by atoms with Gasteiger partial charge in [-0.05, 0) is 46.1 Å². The highest BCUT2D eigenvalue weighted by Gasteiger charge is 2.03. The van der Waals surface area contributed by atoms with Gasteiger partial charge in [-0.25, -0.2) is 4.98 Å². The number of anilines is 2. The quantitative estimate of drug-likeness (QED) is 0.913. The van der Waals surface area contributed by atoms with Crippen LogP contribution in [-0.2, 0) is 6.54 Å². The van der Waals surface area contributed by atoms with E-state index in [-0.39, 0.29) is 0 Å². The standard InChI is InChI=1S/C12H13BrN4/c1-8-2-3-15-5-9(8)6-16-12-11(13)4-10(14)7-17-12/h2-5,7H,6,14H2,1H3,(H,16,17). The lowest BCUT2D eigenvalue weighted by Crippen LogP contribution is -2.04. The molecule has 0 saturated carbocycles. The highest BCUT2D eigenvalue weighted by molar-refractivity contribution is 9.10. The van der Waals surface area contributed by atoms with E-state index in [0.29, 0.717) is 12.2 Å². The molecular formula is C12H13BrN4. The smallest absolute Gasteiger partial charge is 0.140 e. The molecule has 0 radical (unpaired) electrons. The van der Waals surface area contributed by atoms with Gasteiger partial charge in [0.05, 0.1) is 16.4 Å². The lowest BCUT2D eigenvalue weighted by Gasteiger charge is -2.09. The molecule has 0 spiro atoms. The molecular weight excluding hydrogens is 280 g/mol. The number of nitrogens with one attached hydrogen (secondary N) is 1. The Morgan fingerprint density at radius 3 is 2.94 bits per heavy atom. The number of rotatable bonds is 3. The molecule has 0 saturated heterocycles. The van der Waals surface area contributed by atoms with Crippen molar-refractivity contribution < 1.29 is 0 Å². The molecule has 2 heterocycles. The van der Waals surface area contributed by atoms with Gasteiger partial charge >= 0.3 is 0 Å². The molecule has 4 nitrogen and oxygen atoms in total. The molecule has 0 amide bonds. The van der Waals surface area contributed by atoms with E-state index in [1.165, 1.54) is 5.56 Å². The van der Waals surface area contributed by atoms with Crippen LogP contribution in [0.15, 0.2) is 35.2 Å². The Kier molecular flexibility index (Phi) is 3.58. The van der Waals surface area contributed by atoms with Gasteiger partial charge in [0, 0.05) is 18.9 Å². The maximum Gasteiger partial charge on any atom is 0.140 e. The predicted octanol–water partition coefficient (Wildman–Crippen LogP) is 2.74. The van der Waals surface area contributed by atoms with E-state index in [2.05, 4.69) is 38.1 Å². The zero-order valence-corrected chi connectivity index (χ0v) is 11.0. The van der Waals surface area contributed by atoms with Crippen molar-refractivity contribution in [1.82, 2.24) is 9.97 Å². The van der Waals surface area contributed by atoms with Crippen molar-refractivity contribution in [2.75, 3.05) is 11.1 Å². The molecule has 17 heavy (non-hydrogen) atoms. The van der Waals surface area contributed by atoms with Gasteiger partial charge in [-0.3, -0.25) is 4.98 Å². The Hall–Kier alpha value is -1.62. The van der Waals surface area contributed by atoms with Crippen LogP contribution in [0.5, 0.6) is 0 Å². The summed E-state index contributed by atoms with van der Waals surface area (Å²) in [6.45, 7) is 2.75. The summed E-state index contributed by atoms with van der Waals surface area (Å²) < 4.78 is 0.860. The first-order valence-corrected chi connectivity index (χ1v) is 6.00. The normalized spacial score (nSPS) is 10.2. The molecule has 0 aliphatic rings. The topological polar surface area (TPSA) is 63.8 Å². The average molecular weight is 293 g/mol. The fourth-order valence-corrected chi connectivity index (χ4v) is 1.95. The van der Waals surface area contributed by atoms with Crippen LogP contribution in [-0.4, -0.2) is 9.97 Å². The fourth-order valence-electron chi connectivity index (χ4n) is 1.44. The van der Waals surface area contributed by atoms with Crippen molar-refractivity contribution in [2.45, 2.75) is 13.5 Å². The number of nitrogens with zero attached hydrogens (tertiary/aromatic N) is 2. The zero-order valence-electron chi connectivity index (χ0n) is 9.44. The SMILES string of the molecule is Cc1ccncc1CNc1ncc(N)cc1Br. The van der Waals surface area contributed by atoms with Gasteiger partial charge in [0.1, 0.15) is 5.82 Å². The largest absolute Gasteiger partial charge is 0.397 e. The van der Waals surface area contributed by atoms with Crippen LogP contribution in [0.2, 0.25) is 0 Å². The van der Waals surface area contributed by atoms with Gasteiger partial charge in [0.2, 0.25) is 0 Å². The van der Waals surface area contributed by atoms with Gasteiger partial charge in [0.15, 0.2) is 0 Å². The van der Waals surface area contributed by atoms with Crippen LogP contribution >= 0.6 is 15.9 Å². The van der Waals surface area contributed by atoms with Crippen LogP contribution in [0.1, 0.15) is 11.1 Å². The number of halogens is 1. The molecule has 88 valence electrons. The van der Waals surface area contributed by atoms with Gasteiger partial charge in [0.25, 0.3) is 0 Å². The number of aromatic nitrogens is 2. The minimum Gasteiger partial charge on any atom is -0.397 e. The molecule has 2 aromatic heterocycles. The van der Waals surface area contributed by atoms with Crippen molar-refractivity contribution in [3.8, 4) is 0 Å². The zero-order chi connectivity index (χ0) is 12.3. The van der Waals surface area contributed by atoms with Crippen LogP contribution < -0.4 is 11.1 Å². The van der Waals surface area contributed by atoms with Crippen LogP contribution in [0, 0.1) is 6.92 Å². The minimum atomic E-state index is 0.639. The van der Waals surface area contributed by atoms with Crippen molar-refractivity contribution in [3.05, 3.63) is 46.3 Å². The molecule has 0 aliphatic carbocycles. The molecule has 2 aromatic rings. The Morgan fingerprint density at radius 2 is 2.24 bits per heavy atom. The summed E-state index contributed by atoms with van der Waals surface area (Å²) >= 11 is 3.42. The van der Waals surface area contributed by atoms with E-state index in [9.17, 15) is 0 Å². The van der Waals surface area contributed by atoms with Crippen molar-refractivity contribution in [2.24, 2.45) is 0 Å². The molecule has 3 N–H and O–H groups in total. The van der Waals surface area contributed by atoms with Crippen LogP contribution in [0.3, 0.4) is 0 Å². The molecule has 0 aliphatic heterocycles. The number of hydrogen-bond donors (Lipinski definition) is 2. The summed E-state index contributed by atoms with van der Waals surface area (Å²) in [5.74, 6) is 0.780. The molecule has 0 fully saturated rings. The lowest BCUT2D eigenvalue weighted by atomic mass is 10.1. The van der Waals surface area contributed by atoms with E-state index in [1.54, 1.807) is 12.4 Å². The third-order valence-electron chi connectivity index (χ3n) is 2.46. The minimum absolute atomic E-state index is 0.639.